The number of carbonyl (C=O) groups is 1. The number of amides is 1. The van der Waals surface area contributed by atoms with Gasteiger partial charge in [0.15, 0.2) is 0 Å². The van der Waals surface area contributed by atoms with Crippen LogP contribution in [0.5, 0.6) is 0 Å². The first-order valence-corrected chi connectivity index (χ1v) is 6.33. The van der Waals surface area contributed by atoms with Gasteiger partial charge in [-0.15, -0.1) is 0 Å². The summed E-state index contributed by atoms with van der Waals surface area (Å²) in [6.45, 7) is 0. The van der Waals surface area contributed by atoms with Gasteiger partial charge in [-0.25, -0.2) is 4.39 Å². The van der Waals surface area contributed by atoms with Gasteiger partial charge >= 0.3 is 0 Å². The van der Waals surface area contributed by atoms with Crippen LogP contribution in [0, 0.1) is 5.82 Å². The molecule has 0 fully saturated rings. The number of anilines is 1. The average Bonchev–Trinajstić information content (AvgIpc) is 2.82. The van der Waals surface area contributed by atoms with E-state index >= 15 is 0 Å². The van der Waals surface area contributed by atoms with Crippen molar-refractivity contribution in [2.24, 2.45) is 0 Å². The molecule has 2 N–H and O–H groups in total. The summed E-state index contributed by atoms with van der Waals surface area (Å²) in [6.07, 6.45) is 2.08. The quantitative estimate of drug-likeness (QED) is 0.750. The standard InChI is InChI=1S/C16H13FN2O/c17-12-4-3-5-13(9-12)19-16(20)8-11-10-18-15-7-2-1-6-14(11)15/h1-7,9-10,18H,8H2,(H,19,20). The van der Waals surface area contributed by atoms with E-state index in [1.165, 1.54) is 12.1 Å². The SMILES string of the molecule is O=C(Cc1c[nH]c2ccccc12)Nc1cccc(F)c1. The predicted molar refractivity (Wildman–Crippen MR) is 77.0 cm³/mol. The number of hydrogen-bond acceptors (Lipinski definition) is 1. The van der Waals surface area contributed by atoms with E-state index in [-0.39, 0.29) is 18.1 Å². The molecule has 3 rings (SSSR count). The number of rotatable bonds is 3. The van der Waals surface area contributed by atoms with E-state index in [0.717, 1.165) is 16.5 Å². The van der Waals surface area contributed by atoms with Crippen molar-refractivity contribution < 1.29 is 9.18 Å². The Labute approximate surface area is 115 Å². The minimum Gasteiger partial charge on any atom is -0.361 e. The van der Waals surface area contributed by atoms with Crippen LogP contribution in [-0.2, 0) is 11.2 Å². The van der Waals surface area contributed by atoms with Crippen LogP contribution < -0.4 is 5.32 Å². The largest absolute Gasteiger partial charge is 0.361 e. The normalized spacial score (nSPS) is 10.7. The number of aromatic amines is 1. The number of benzene rings is 2. The molecule has 3 aromatic rings. The molecule has 4 heteroatoms. The van der Waals surface area contributed by atoms with E-state index in [2.05, 4.69) is 10.3 Å². The van der Waals surface area contributed by atoms with Gasteiger partial charge in [-0.1, -0.05) is 24.3 Å². The first-order valence-electron chi connectivity index (χ1n) is 6.33. The molecule has 0 bridgehead atoms. The number of fused-ring (bicyclic) bond motifs is 1. The summed E-state index contributed by atoms with van der Waals surface area (Å²) in [5, 5.41) is 3.72. The zero-order valence-electron chi connectivity index (χ0n) is 10.7. The van der Waals surface area contributed by atoms with Crippen LogP contribution in [0.2, 0.25) is 0 Å². The van der Waals surface area contributed by atoms with Crippen molar-refractivity contribution >= 4 is 22.5 Å². The molecule has 1 heterocycles. The van der Waals surface area contributed by atoms with Crippen LogP contribution in [0.4, 0.5) is 10.1 Å². The minimum absolute atomic E-state index is 0.166. The molecule has 0 saturated carbocycles. The van der Waals surface area contributed by atoms with Gasteiger partial charge in [0.2, 0.25) is 5.91 Å². The van der Waals surface area contributed by atoms with Gasteiger partial charge in [0.05, 0.1) is 6.42 Å². The van der Waals surface area contributed by atoms with Crippen molar-refractivity contribution in [3.8, 4) is 0 Å². The van der Waals surface area contributed by atoms with Crippen LogP contribution in [-0.4, -0.2) is 10.9 Å². The lowest BCUT2D eigenvalue weighted by Crippen LogP contribution is -2.14. The van der Waals surface area contributed by atoms with Crippen molar-refractivity contribution in [1.82, 2.24) is 4.98 Å². The summed E-state index contributed by atoms with van der Waals surface area (Å²) < 4.78 is 13.0. The molecule has 0 aliphatic heterocycles. The number of carbonyl (C=O) groups excluding carboxylic acids is 1. The molecule has 0 aliphatic rings. The Morgan fingerprint density at radius 2 is 2.00 bits per heavy atom. The van der Waals surface area contributed by atoms with Gasteiger partial charge in [-0.05, 0) is 29.8 Å². The first-order chi connectivity index (χ1) is 9.72. The Hall–Kier alpha value is -2.62. The summed E-state index contributed by atoms with van der Waals surface area (Å²) in [7, 11) is 0. The van der Waals surface area contributed by atoms with Crippen LogP contribution in [0.25, 0.3) is 10.9 Å². The van der Waals surface area contributed by atoms with Gasteiger partial charge in [-0.2, -0.15) is 0 Å². The lowest BCUT2D eigenvalue weighted by molar-refractivity contribution is -0.115. The molecule has 1 aromatic heterocycles. The highest BCUT2D eigenvalue weighted by molar-refractivity contribution is 5.95. The van der Waals surface area contributed by atoms with E-state index in [1.807, 2.05) is 30.5 Å². The second-order valence-electron chi connectivity index (χ2n) is 4.59. The number of H-pyrrole nitrogens is 1. The Balaban J connectivity index is 1.76. The summed E-state index contributed by atoms with van der Waals surface area (Å²) in [5.41, 5.74) is 2.39. The smallest absolute Gasteiger partial charge is 0.228 e. The Bertz CT molecular complexity index is 764. The number of aromatic nitrogens is 1. The van der Waals surface area contributed by atoms with Gasteiger partial charge < -0.3 is 10.3 Å². The third-order valence-corrected chi connectivity index (χ3v) is 3.13. The topological polar surface area (TPSA) is 44.9 Å². The molecule has 0 spiro atoms. The van der Waals surface area contributed by atoms with Gasteiger partial charge in [0.1, 0.15) is 5.82 Å². The zero-order valence-corrected chi connectivity index (χ0v) is 10.7. The lowest BCUT2D eigenvalue weighted by Gasteiger charge is -2.04. The summed E-state index contributed by atoms with van der Waals surface area (Å²) in [4.78, 5) is 15.1. The summed E-state index contributed by atoms with van der Waals surface area (Å²) >= 11 is 0. The fourth-order valence-electron chi connectivity index (χ4n) is 2.22. The van der Waals surface area contributed by atoms with Gasteiger partial charge in [-0.3, -0.25) is 4.79 Å². The van der Waals surface area contributed by atoms with E-state index in [4.69, 9.17) is 0 Å². The van der Waals surface area contributed by atoms with Gasteiger partial charge in [0, 0.05) is 22.8 Å². The number of nitrogens with one attached hydrogen (secondary N) is 2. The van der Waals surface area contributed by atoms with Crippen molar-refractivity contribution in [3.05, 3.63) is 66.1 Å². The van der Waals surface area contributed by atoms with E-state index in [1.54, 1.807) is 12.1 Å². The van der Waals surface area contributed by atoms with Crippen molar-refractivity contribution in [3.63, 3.8) is 0 Å². The molecule has 2 aromatic carbocycles. The molecule has 0 aliphatic carbocycles. The maximum atomic E-state index is 13.0. The van der Waals surface area contributed by atoms with E-state index in [9.17, 15) is 9.18 Å². The highest BCUT2D eigenvalue weighted by Gasteiger charge is 2.09. The van der Waals surface area contributed by atoms with Gasteiger partial charge in [0.25, 0.3) is 0 Å². The third kappa shape index (κ3) is 2.54. The average molecular weight is 268 g/mol. The Kier molecular flexibility index (Phi) is 3.21. The third-order valence-electron chi connectivity index (χ3n) is 3.13. The molecule has 0 saturated heterocycles. The summed E-state index contributed by atoms with van der Waals surface area (Å²) in [5.74, 6) is -0.532. The molecular formula is C16H13FN2O. The monoisotopic (exact) mass is 268 g/mol. The second kappa shape index (κ2) is 5.17. The number of hydrogen-bond donors (Lipinski definition) is 2. The maximum absolute atomic E-state index is 13.0. The number of para-hydroxylation sites is 1. The highest BCUT2D eigenvalue weighted by Crippen LogP contribution is 2.18. The zero-order chi connectivity index (χ0) is 13.9. The summed E-state index contributed by atoms with van der Waals surface area (Å²) in [6, 6.07) is 13.7. The van der Waals surface area contributed by atoms with Crippen LogP contribution in [0.15, 0.2) is 54.7 Å². The molecular weight excluding hydrogens is 255 g/mol. The van der Waals surface area contributed by atoms with Crippen LogP contribution in [0.1, 0.15) is 5.56 Å². The van der Waals surface area contributed by atoms with Crippen molar-refractivity contribution in [1.29, 1.82) is 0 Å². The second-order valence-corrected chi connectivity index (χ2v) is 4.59. The predicted octanol–water partition coefficient (Wildman–Crippen LogP) is 3.49. The molecule has 0 unspecified atom stereocenters. The van der Waals surface area contributed by atoms with Crippen molar-refractivity contribution in [2.45, 2.75) is 6.42 Å². The highest BCUT2D eigenvalue weighted by atomic mass is 19.1. The fourth-order valence-corrected chi connectivity index (χ4v) is 2.22. The lowest BCUT2D eigenvalue weighted by atomic mass is 10.1. The van der Waals surface area contributed by atoms with Crippen molar-refractivity contribution in [2.75, 3.05) is 5.32 Å². The minimum atomic E-state index is -0.366. The van der Waals surface area contributed by atoms with E-state index in [0.29, 0.717) is 5.69 Å². The van der Waals surface area contributed by atoms with Crippen LogP contribution >= 0.6 is 0 Å². The number of halogens is 1. The molecule has 100 valence electrons. The fraction of sp³-hybridized carbons (Fsp3) is 0.0625. The van der Waals surface area contributed by atoms with Crippen LogP contribution in [0.3, 0.4) is 0 Å². The first kappa shape index (κ1) is 12.4. The molecule has 0 atom stereocenters. The molecule has 1 amide bonds. The Morgan fingerprint density at radius 1 is 1.15 bits per heavy atom. The maximum Gasteiger partial charge on any atom is 0.228 e. The molecule has 0 radical (unpaired) electrons. The van der Waals surface area contributed by atoms with E-state index < -0.39 is 0 Å². The molecule has 3 nitrogen and oxygen atoms in total. The Morgan fingerprint density at radius 3 is 2.85 bits per heavy atom. The molecule has 20 heavy (non-hydrogen) atoms.